The molecule has 1 aliphatic heterocycles. The molecule has 0 unspecified atom stereocenters. The molecule has 4 rings (SSSR count). The number of aromatic nitrogens is 1. The second-order valence-electron chi connectivity index (χ2n) is 9.72. The highest BCUT2D eigenvalue weighted by Gasteiger charge is 2.33. The average molecular weight is 479 g/mol. The van der Waals surface area contributed by atoms with E-state index in [2.05, 4.69) is 27.5 Å². The first-order valence-corrected chi connectivity index (χ1v) is 12.6. The van der Waals surface area contributed by atoms with Gasteiger partial charge in [-0.1, -0.05) is 56.9 Å². The molecule has 8 nitrogen and oxygen atoms in total. The van der Waals surface area contributed by atoms with E-state index in [0.717, 1.165) is 36.6 Å². The maximum absolute atomic E-state index is 13.4. The van der Waals surface area contributed by atoms with Gasteiger partial charge < -0.3 is 20.9 Å². The zero-order valence-electron chi connectivity index (χ0n) is 20.0. The molecule has 186 valence electrons. The number of rotatable bonds is 10. The molecule has 2 aromatic rings. The molecule has 35 heavy (non-hydrogen) atoms. The third-order valence-electron chi connectivity index (χ3n) is 7.23. The predicted molar refractivity (Wildman–Crippen MR) is 134 cm³/mol. The molecule has 4 N–H and O–H groups in total. The van der Waals surface area contributed by atoms with Gasteiger partial charge in [0.05, 0.1) is 6.04 Å². The summed E-state index contributed by atoms with van der Waals surface area (Å²) in [7, 11) is 0. The van der Waals surface area contributed by atoms with Crippen molar-refractivity contribution in [3.05, 3.63) is 48.7 Å². The molecular formula is C27H34N4O4. The standard InChI is InChI=1S/C27H34N4O4/c1-2-24(32)21(16-19-12-13-28-25(19)33)30-26(34)22(14-17-8-4-3-5-9-17)31-27(35)23-15-18-10-6-7-11-20(18)29-23/h2,6-7,10-11,15,17,19,21-22,29H,1,3-5,8-9,12-14,16H2,(H,28,33)(H,30,34)(H,31,35)/t19-,21-,22-/m0/s1. The summed E-state index contributed by atoms with van der Waals surface area (Å²) in [6, 6.07) is 7.73. The summed E-state index contributed by atoms with van der Waals surface area (Å²) in [5, 5.41) is 9.41. The van der Waals surface area contributed by atoms with E-state index < -0.39 is 18.0 Å². The number of nitrogens with one attached hydrogen (secondary N) is 4. The molecule has 2 aliphatic rings. The number of carbonyl (C=O) groups excluding carboxylic acids is 4. The van der Waals surface area contributed by atoms with Crippen molar-refractivity contribution in [3.63, 3.8) is 0 Å². The Morgan fingerprint density at radius 3 is 2.49 bits per heavy atom. The van der Waals surface area contributed by atoms with Crippen molar-refractivity contribution in [1.82, 2.24) is 20.9 Å². The molecule has 1 aromatic carbocycles. The van der Waals surface area contributed by atoms with Gasteiger partial charge >= 0.3 is 0 Å². The van der Waals surface area contributed by atoms with Crippen LogP contribution in [0.2, 0.25) is 0 Å². The number of hydrogen-bond donors (Lipinski definition) is 4. The number of hydrogen-bond acceptors (Lipinski definition) is 4. The summed E-state index contributed by atoms with van der Waals surface area (Å²) in [4.78, 5) is 54.2. The smallest absolute Gasteiger partial charge is 0.268 e. The molecule has 2 heterocycles. The first kappa shape index (κ1) is 24.7. The SMILES string of the molecule is C=CC(=O)[C@H](C[C@@H]1CCNC1=O)NC(=O)[C@H](CC1CCCCC1)NC(=O)c1cc2ccccc2[nH]1. The van der Waals surface area contributed by atoms with E-state index in [-0.39, 0.29) is 29.9 Å². The largest absolute Gasteiger partial charge is 0.356 e. The highest BCUT2D eigenvalue weighted by atomic mass is 16.2. The van der Waals surface area contributed by atoms with Crippen LogP contribution >= 0.6 is 0 Å². The Kier molecular flexibility index (Phi) is 8.00. The summed E-state index contributed by atoms with van der Waals surface area (Å²) in [6.07, 6.45) is 7.98. The quantitative estimate of drug-likeness (QED) is 0.392. The van der Waals surface area contributed by atoms with Crippen molar-refractivity contribution in [2.24, 2.45) is 11.8 Å². The molecule has 3 amide bonds. The van der Waals surface area contributed by atoms with Crippen LogP contribution < -0.4 is 16.0 Å². The van der Waals surface area contributed by atoms with Crippen LogP contribution in [0.4, 0.5) is 0 Å². The third kappa shape index (κ3) is 6.18. The fraction of sp³-hybridized carbons (Fsp3) is 0.481. The third-order valence-corrected chi connectivity index (χ3v) is 7.23. The highest BCUT2D eigenvalue weighted by molar-refractivity contribution is 6.01. The van der Waals surface area contributed by atoms with Crippen LogP contribution in [-0.4, -0.2) is 47.1 Å². The molecular weight excluding hydrogens is 444 g/mol. The van der Waals surface area contributed by atoms with Gasteiger partial charge in [-0.3, -0.25) is 19.2 Å². The van der Waals surface area contributed by atoms with Crippen molar-refractivity contribution in [2.75, 3.05) is 6.54 Å². The maximum atomic E-state index is 13.4. The van der Waals surface area contributed by atoms with Crippen molar-refractivity contribution in [1.29, 1.82) is 0 Å². The van der Waals surface area contributed by atoms with Gasteiger partial charge in [0.2, 0.25) is 11.8 Å². The lowest BCUT2D eigenvalue weighted by Gasteiger charge is -2.28. The summed E-state index contributed by atoms with van der Waals surface area (Å²) in [5.41, 5.74) is 1.23. The Hall–Kier alpha value is -3.42. The van der Waals surface area contributed by atoms with Gasteiger partial charge in [-0.25, -0.2) is 0 Å². The first-order chi connectivity index (χ1) is 16.9. The van der Waals surface area contributed by atoms with Gasteiger partial charge in [-0.05, 0) is 43.4 Å². The van der Waals surface area contributed by atoms with Crippen molar-refractivity contribution < 1.29 is 19.2 Å². The molecule has 1 saturated heterocycles. The summed E-state index contributed by atoms with van der Waals surface area (Å²) < 4.78 is 0. The van der Waals surface area contributed by atoms with Gasteiger partial charge in [-0.15, -0.1) is 0 Å². The number of amides is 3. The van der Waals surface area contributed by atoms with Gasteiger partial charge in [0.25, 0.3) is 5.91 Å². The Morgan fingerprint density at radius 2 is 1.80 bits per heavy atom. The molecule has 1 saturated carbocycles. The van der Waals surface area contributed by atoms with Crippen molar-refractivity contribution >= 4 is 34.4 Å². The second-order valence-corrected chi connectivity index (χ2v) is 9.72. The van der Waals surface area contributed by atoms with E-state index >= 15 is 0 Å². The van der Waals surface area contributed by atoms with Gasteiger partial charge in [0, 0.05) is 23.4 Å². The number of aromatic amines is 1. The monoisotopic (exact) mass is 478 g/mol. The van der Waals surface area contributed by atoms with Crippen LogP contribution in [0.5, 0.6) is 0 Å². The Balaban J connectivity index is 1.49. The first-order valence-electron chi connectivity index (χ1n) is 12.6. The number of para-hydroxylation sites is 1. The van der Waals surface area contributed by atoms with E-state index in [0.29, 0.717) is 31.0 Å². The summed E-state index contributed by atoms with van der Waals surface area (Å²) in [6.45, 7) is 4.12. The zero-order chi connectivity index (χ0) is 24.8. The topological polar surface area (TPSA) is 120 Å². The maximum Gasteiger partial charge on any atom is 0.268 e. The molecule has 2 fully saturated rings. The number of H-pyrrole nitrogens is 1. The predicted octanol–water partition coefficient (Wildman–Crippen LogP) is 3.00. The molecule has 1 aromatic heterocycles. The minimum atomic E-state index is -0.854. The fourth-order valence-electron chi connectivity index (χ4n) is 5.23. The van der Waals surface area contributed by atoms with Crippen molar-refractivity contribution in [2.45, 2.75) is 63.5 Å². The Morgan fingerprint density at radius 1 is 1.03 bits per heavy atom. The highest BCUT2D eigenvalue weighted by Crippen LogP contribution is 2.28. The van der Waals surface area contributed by atoms with Gasteiger partial charge in [0.15, 0.2) is 5.78 Å². The van der Waals surface area contributed by atoms with Crippen LogP contribution in [0.15, 0.2) is 43.0 Å². The van der Waals surface area contributed by atoms with E-state index in [9.17, 15) is 19.2 Å². The lowest BCUT2D eigenvalue weighted by atomic mass is 9.84. The average Bonchev–Trinajstić information content (AvgIpc) is 3.49. The summed E-state index contributed by atoms with van der Waals surface area (Å²) >= 11 is 0. The molecule has 8 heteroatoms. The summed E-state index contributed by atoms with van der Waals surface area (Å²) in [5.74, 6) is -1.21. The fourth-order valence-corrected chi connectivity index (χ4v) is 5.23. The van der Waals surface area contributed by atoms with Gasteiger partial charge in [-0.2, -0.15) is 0 Å². The van der Waals surface area contributed by atoms with Crippen molar-refractivity contribution in [3.8, 4) is 0 Å². The van der Waals surface area contributed by atoms with Gasteiger partial charge in [0.1, 0.15) is 11.7 Å². The Labute approximate surface area is 205 Å². The number of carbonyl (C=O) groups is 4. The van der Waals surface area contributed by atoms with Crippen LogP contribution in [0.1, 0.15) is 61.9 Å². The number of fused-ring (bicyclic) bond motifs is 1. The second kappa shape index (κ2) is 11.3. The minimum absolute atomic E-state index is 0.105. The molecule has 3 atom stereocenters. The van der Waals surface area contributed by atoms with E-state index in [1.54, 1.807) is 6.07 Å². The number of benzene rings is 1. The Bertz CT molecular complexity index is 1070. The van der Waals surface area contributed by atoms with Crippen LogP contribution in [0.25, 0.3) is 10.9 Å². The lowest BCUT2D eigenvalue weighted by molar-refractivity contribution is -0.129. The normalized spacial score (nSPS) is 20.1. The molecule has 0 bridgehead atoms. The van der Waals surface area contributed by atoms with E-state index in [1.165, 1.54) is 12.5 Å². The molecule has 0 spiro atoms. The molecule has 0 radical (unpaired) electrons. The van der Waals surface area contributed by atoms with E-state index in [1.807, 2.05) is 24.3 Å². The van der Waals surface area contributed by atoms with Crippen LogP contribution in [-0.2, 0) is 14.4 Å². The van der Waals surface area contributed by atoms with Crippen LogP contribution in [0.3, 0.4) is 0 Å². The zero-order valence-corrected chi connectivity index (χ0v) is 20.0. The lowest BCUT2D eigenvalue weighted by Crippen LogP contribution is -2.52. The minimum Gasteiger partial charge on any atom is -0.356 e. The molecule has 1 aliphatic carbocycles. The van der Waals surface area contributed by atoms with Crippen LogP contribution in [0, 0.1) is 11.8 Å². The van der Waals surface area contributed by atoms with E-state index in [4.69, 9.17) is 0 Å². The number of ketones is 1.